The average molecular weight is 298 g/mol. The van der Waals surface area contributed by atoms with Crippen LogP contribution in [0.4, 0.5) is 0 Å². The molecule has 1 aromatic heterocycles. The van der Waals surface area contributed by atoms with Gasteiger partial charge >= 0.3 is 0 Å². The molecule has 0 amide bonds. The molecule has 0 bridgehead atoms. The number of hydrogen-bond acceptors (Lipinski definition) is 2. The summed E-state index contributed by atoms with van der Waals surface area (Å²) in [7, 11) is 0. The fraction of sp³-hybridized carbons (Fsp3) is 0.273. The maximum absolute atomic E-state index is 5.15. The molecule has 16 heavy (non-hydrogen) atoms. The molecular weight excluding hydrogens is 286 g/mol. The van der Waals surface area contributed by atoms with Crippen molar-refractivity contribution in [1.82, 2.24) is 14.8 Å². The third-order valence-corrected chi connectivity index (χ3v) is 3.21. The van der Waals surface area contributed by atoms with Gasteiger partial charge in [0.2, 0.25) is 0 Å². The van der Waals surface area contributed by atoms with Crippen LogP contribution in [0.1, 0.15) is 18.3 Å². The Bertz CT molecular complexity index is 544. The largest absolute Gasteiger partial charge is 0.304 e. The molecule has 0 unspecified atom stereocenters. The molecule has 1 N–H and O–H groups in total. The molecule has 2 aromatic rings. The van der Waals surface area contributed by atoms with E-state index in [1.54, 1.807) is 0 Å². The summed E-state index contributed by atoms with van der Waals surface area (Å²) in [5, 5.41) is 7.07. The lowest BCUT2D eigenvalue weighted by atomic mass is 10.1. The van der Waals surface area contributed by atoms with Crippen LogP contribution in [0.25, 0.3) is 0 Å². The predicted octanol–water partition coefficient (Wildman–Crippen LogP) is 3.31. The summed E-state index contributed by atoms with van der Waals surface area (Å²) < 4.78 is 3.78. The van der Waals surface area contributed by atoms with E-state index in [1.165, 1.54) is 5.56 Å². The molecule has 3 nitrogen and oxygen atoms in total. The first-order valence-corrected chi connectivity index (χ1v) is 6.29. The normalized spacial score (nSPS) is 10.6. The summed E-state index contributed by atoms with van der Waals surface area (Å²) in [4.78, 5) is 0. The molecular formula is C11H12BrN3S. The number of H-pyrrole nitrogens is 1. The number of rotatable bonds is 3. The maximum atomic E-state index is 5.15. The van der Waals surface area contributed by atoms with Crippen LogP contribution in [0.2, 0.25) is 0 Å². The third kappa shape index (κ3) is 2.41. The number of hydrogen-bond donors (Lipinski definition) is 1. The van der Waals surface area contributed by atoms with E-state index in [0.717, 1.165) is 23.3 Å². The Morgan fingerprint density at radius 2 is 2.31 bits per heavy atom. The zero-order valence-corrected chi connectivity index (χ0v) is 11.3. The lowest BCUT2D eigenvalue weighted by Gasteiger charge is -2.03. The molecule has 0 atom stereocenters. The molecule has 2 rings (SSSR count). The number of aromatic amines is 1. The second-order valence-electron chi connectivity index (χ2n) is 3.50. The summed E-state index contributed by atoms with van der Waals surface area (Å²) in [5.41, 5.74) is 1.22. The zero-order valence-electron chi connectivity index (χ0n) is 8.90. The van der Waals surface area contributed by atoms with Crippen LogP contribution in [-0.4, -0.2) is 14.8 Å². The molecule has 1 heterocycles. The minimum absolute atomic E-state index is 0.687. The van der Waals surface area contributed by atoms with Crippen LogP contribution in [0.15, 0.2) is 28.7 Å². The minimum atomic E-state index is 0.687. The first-order valence-electron chi connectivity index (χ1n) is 5.09. The van der Waals surface area contributed by atoms with Gasteiger partial charge in [-0.15, -0.1) is 0 Å². The maximum Gasteiger partial charge on any atom is 0.195 e. The van der Waals surface area contributed by atoms with Crippen molar-refractivity contribution in [3.63, 3.8) is 0 Å². The van der Waals surface area contributed by atoms with Crippen LogP contribution in [-0.2, 0) is 13.0 Å². The van der Waals surface area contributed by atoms with E-state index in [1.807, 2.05) is 16.7 Å². The van der Waals surface area contributed by atoms with Gasteiger partial charge in [0, 0.05) is 17.4 Å². The Labute approximate surface area is 108 Å². The van der Waals surface area contributed by atoms with Crippen molar-refractivity contribution in [3.05, 3.63) is 44.9 Å². The summed E-state index contributed by atoms with van der Waals surface area (Å²) >= 11 is 8.61. The number of halogens is 1. The van der Waals surface area contributed by atoms with Crippen LogP contribution in [0, 0.1) is 4.77 Å². The molecule has 1 aromatic carbocycles. The average Bonchev–Trinajstić information content (AvgIpc) is 2.59. The number of nitrogens with one attached hydrogen (secondary N) is 1. The Hall–Kier alpha value is -0.940. The summed E-state index contributed by atoms with van der Waals surface area (Å²) in [6.07, 6.45) is 0.792. The predicted molar refractivity (Wildman–Crippen MR) is 70.0 cm³/mol. The van der Waals surface area contributed by atoms with E-state index < -0.39 is 0 Å². The molecule has 0 aliphatic rings. The van der Waals surface area contributed by atoms with Crippen molar-refractivity contribution in [2.24, 2.45) is 0 Å². The van der Waals surface area contributed by atoms with Gasteiger partial charge in [0.05, 0.1) is 0 Å². The van der Waals surface area contributed by atoms with Gasteiger partial charge in [-0.2, -0.15) is 5.10 Å². The quantitative estimate of drug-likeness (QED) is 0.882. The van der Waals surface area contributed by atoms with Gasteiger partial charge in [-0.1, -0.05) is 28.1 Å². The fourth-order valence-electron chi connectivity index (χ4n) is 1.64. The van der Waals surface area contributed by atoms with E-state index in [9.17, 15) is 0 Å². The van der Waals surface area contributed by atoms with E-state index in [0.29, 0.717) is 4.77 Å². The van der Waals surface area contributed by atoms with Gasteiger partial charge in [0.1, 0.15) is 5.82 Å². The van der Waals surface area contributed by atoms with Gasteiger partial charge in [0.15, 0.2) is 4.77 Å². The SMILES string of the molecule is CCn1c(Cc2cccc(Br)c2)n[nH]c1=S. The molecule has 5 heteroatoms. The summed E-state index contributed by atoms with van der Waals surface area (Å²) in [5.74, 6) is 0.977. The molecule has 84 valence electrons. The first-order chi connectivity index (χ1) is 7.70. The van der Waals surface area contributed by atoms with Crippen molar-refractivity contribution in [3.8, 4) is 0 Å². The molecule has 0 fully saturated rings. The van der Waals surface area contributed by atoms with Gasteiger partial charge in [0.25, 0.3) is 0 Å². The molecule has 0 radical (unpaired) electrons. The lowest BCUT2D eigenvalue weighted by molar-refractivity contribution is 0.704. The van der Waals surface area contributed by atoms with Crippen LogP contribution < -0.4 is 0 Å². The fourth-order valence-corrected chi connectivity index (χ4v) is 2.37. The van der Waals surface area contributed by atoms with Gasteiger partial charge < -0.3 is 4.57 Å². The molecule has 0 aliphatic carbocycles. The van der Waals surface area contributed by atoms with E-state index >= 15 is 0 Å². The smallest absolute Gasteiger partial charge is 0.195 e. The third-order valence-electron chi connectivity index (χ3n) is 2.40. The second-order valence-corrected chi connectivity index (χ2v) is 4.80. The van der Waals surface area contributed by atoms with Crippen molar-refractivity contribution in [2.75, 3.05) is 0 Å². The topological polar surface area (TPSA) is 33.6 Å². The molecule has 0 saturated heterocycles. The highest BCUT2D eigenvalue weighted by Gasteiger charge is 2.05. The Morgan fingerprint density at radius 1 is 1.50 bits per heavy atom. The molecule has 0 saturated carbocycles. The van der Waals surface area contributed by atoms with Gasteiger partial charge in [-0.3, -0.25) is 5.10 Å². The van der Waals surface area contributed by atoms with Crippen molar-refractivity contribution < 1.29 is 0 Å². The van der Waals surface area contributed by atoms with Gasteiger partial charge in [-0.05, 0) is 36.8 Å². The van der Waals surface area contributed by atoms with Crippen molar-refractivity contribution >= 4 is 28.1 Å². The summed E-state index contributed by atoms with van der Waals surface area (Å²) in [6.45, 7) is 2.91. The van der Waals surface area contributed by atoms with Crippen LogP contribution in [0.5, 0.6) is 0 Å². The second kappa shape index (κ2) is 4.93. The highest BCUT2D eigenvalue weighted by atomic mass is 79.9. The number of aromatic nitrogens is 3. The van der Waals surface area contributed by atoms with E-state index in [4.69, 9.17) is 12.2 Å². The molecule has 0 aliphatic heterocycles. The molecule has 0 spiro atoms. The number of nitrogens with zero attached hydrogens (tertiary/aromatic N) is 2. The monoisotopic (exact) mass is 297 g/mol. The van der Waals surface area contributed by atoms with E-state index in [-0.39, 0.29) is 0 Å². The van der Waals surface area contributed by atoms with Crippen molar-refractivity contribution in [1.29, 1.82) is 0 Å². The highest BCUT2D eigenvalue weighted by Crippen LogP contribution is 2.14. The zero-order chi connectivity index (χ0) is 11.5. The lowest BCUT2D eigenvalue weighted by Crippen LogP contribution is -2.02. The Morgan fingerprint density at radius 3 is 3.00 bits per heavy atom. The summed E-state index contributed by atoms with van der Waals surface area (Å²) in [6, 6.07) is 8.22. The van der Waals surface area contributed by atoms with Crippen LogP contribution in [0.3, 0.4) is 0 Å². The van der Waals surface area contributed by atoms with E-state index in [2.05, 4.69) is 45.2 Å². The standard InChI is InChI=1S/C11H12BrN3S/c1-2-15-10(13-14-11(15)16)7-8-4-3-5-9(12)6-8/h3-6H,2,7H2,1H3,(H,14,16). The van der Waals surface area contributed by atoms with Crippen LogP contribution >= 0.6 is 28.1 Å². The minimum Gasteiger partial charge on any atom is -0.304 e. The van der Waals surface area contributed by atoms with Gasteiger partial charge in [-0.25, -0.2) is 0 Å². The Balaban J connectivity index is 2.30. The highest BCUT2D eigenvalue weighted by molar-refractivity contribution is 9.10. The Kier molecular flexibility index (Phi) is 3.56. The first kappa shape index (κ1) is 11.5. The number of benzene rings is 1. The van der Waals surface area contributed by atoms with Crippen molar-refractivity contribution in [2.45, 2.75) is 19.9 Å².